The summed E-state index contributed by atoms with van der Waals surface area (Å²) in [5.41, 5.74) is 3.20. The van der Waals surface area contributed by atoms with Crippen LogP contribution in [0.5, 0.6) is 0 Å². The zero-order valence-corrected chi connectivity index (χ0v) is 18.4. The van der Waals surface area contributed by atoms with Crippen LogP contribution in [-0.2, 0) is 11.3 Å². The number of aromatic nitrogens is 6. The minimum atomic E-state index is -0.854. The van der Waals surface area contributed by atoms with Gasteiger partial charge in [0.15, 0.2) is 5.82 Å². The van der Waals surface area contributed by atoms with Crippen LogP contribution in [0.3, 0.4) is 0 Å². The van der Waals surface area contributed by atoms with E-state index >= 15 is 0 Å². The van der Waals surface area contributed by atoms with Crippen LogP contribution in [0.4, 0.5) is 4.39 Å². The van der Waals surface area contributed by atoms with Crippen molar-refractivity contribution >= 4 is 5.91 Å². The van der Waals surface area contributed by atoms with Gasteiger partial charge in [-0.15, -0.1) is 5.10 Å². The Hall–Kier alpha value is -4.21. The van der Waals surface area contributed by atoms with Crippen LogP contribution in [0.25, 0.3) is 17.1 Å². The van der Waals surface area contributed by atoms with Crippen LogP contribution in [0.15, 0.2) is 59.7 Å². The van der Waals surface area contributed by atoms with Gasteiger partial charge in [0, 0.05) is 17.3 Å². The molecule has 1 aromatic carbocycles. The first kappa shape index (κ1) is 22.0. The van der Waals surface area contributed by atoms with E-state index in [0.29, 0.717) is 17.2 Å². The van der Waals surface area contributed by atoms with Gasteiger partial charge in [-0.2, -0.15) is 5.10 Å². The van der Waals surface area contributed by atoms with Crippen molar-refractivity contribution in [1.29, 1.82) is 0 Å². The van der Waals surface area contributed by atoms with E-state index in [1.807, 2.05) is 19.9 Å². The van der Waals surface area contributed by atoms with Gasteiger partial charge in [0.2, 0.25) is 5.91 Å². The fourth-order valence-corrected chi connectivity index (χ4v) is 3.38. The zero-order chi connectivity index (χ0) is 23.5. The van der Waals surface area contributed by atoms with E-state index in [1.165, 1.54) is 24.5 Å². The fraction of sp³-hybridized carbons (Fsp3) is 0.217. The van der Waals surface area contributed by atoms with Gasteiger partial charge < -0.3 is 5.32 Å². The molecular weight excluding hydrogens is 425 g/mol. The van der Waals surface area contributed by atoms with Gasteiger partial charge in [0.1, 0.15) is 18.2 Å². The van der Waals surface area contributed by atoms with E-state index in [2.05, 4.69) is 25.5 Å². The Morgan fingerprint density at radius 1 is 1.06 bits per heavy atom. The lowest BCUT2D eigenvalue weighted by Gasteiger charge is -2.15. The second-order valence-corrected chi connectivity index (χ2v) is 7.61. The number of nitrogens with zero attached hydrogens (tertiary/aromatic N) is 6. The topological polar surface area (TPSA) is 108 Å². The van der Waals surface area contributed by atoms with Crippen LogP contribution in [0.1, 0.15) is 30.0 Å². The molecule has 1 N–H and O–H groups in total. The third-order valence-electron chi connectivity index (χ3n) is 5.09. The van der Waals surface area contributed by atoms with Gasteiger partial charge in [-0.25, -0.2) is 23.7 Å². The van der Waals surface area contributed by atoms with Crippen molar-refractivity contribution in [3.8, 4) is 17.1 Å². The van der Waals surface area contributed by atoms with Crippen LogP contribution < -0.4 is 10.9 Å². The Balaban J connectivity index is 1.49. The van der Waals surface area contributed by atoms with Crippen molar-refractivity contribution in [2.75, 3.05) is 0 Å². The third kappa shape index (κ3) is 4.84. The molecule has 0 spiro atoms. The molecule has 0 radical (unpaired) electrons. The summed E-state index contributed by atoms with van der Waals surface area (Å²) in [4.78, 5) is 33.5. The summed E-state index contributed by atoms with van der Waals surface area (Å²) in [5, 5.41) is 11.5. The number of halogens is 1. The Labute approximate surface area is 188 Å². The number of benzene rings is 1. The number of carbonyl (C=O) groups is 1. The van der Waals surface area contributed by atoms with E-state index in [9.17, 15) is 14.0 Å². The van der Waals surface area contributed by atoms with E-state index in [1.54, 1.807) is 35.9 Å². The van der Waals surface area contributed by atoms with Crippen molar-refractivity contribution in [3.05, 3.63) is 88.1 Å². The molecule has 1 atom stereocenters. The monoisotopic (exact) mass is 447 g/mol. The molecule has 3 aromatic heterocycles. The average molecular weight is 447 g/mol. The highest BCUT2D eigenvalue weighted by atomic mass is 19.1. The molecule has 0 saturated carbocycles. The second-order valence-electron chi connectivity index (χ2n) is 7.61. The van der Waals surface area contributed by atoms with Gasteiger partial charge in [-0.1, -0.05) is 0 Å². The number of hydrogen-bond donors (Lipinski definition) is 1. The summed E-state index contributed by atoms with van der Waals surface area (Å²) in [5.74, 6) is -0.281. The van der Waals surface area contributed by atoms with Gasteiger partial charge in [-0.3, -0.25) is 9.59 Å². The third-order valence-corrected chi connectivity index (χ3v) is 5.09. The minimum Gasteiger partial charge on any atom is -0.349 e. The van der Waals surface area contributed by atoms with Crippen LogP contribution in [-0.4, -0.2) is 35.4 Å². The highest BCUT2D eigenvalue weighted by Crippen LogP contribution is 2.17. The van der Waals surface area contributed by atoms with Crippen LogP contribution in [0.2, 0.25) is 0 Å². The Morgan fingerprint density at radius 2 is 1.82 bits per heavy atom. The molecule has 0 aliphatic carbocycles. The minimum absolute atomic E-state index is 0.131. The molecule has 33 heavy (non-hydrogen) atoms. The average Bonchev–Trinajstić information content (AvgIpc) is 3.15. The molecule has 0 bridgehead atoms. The van der Waals surface area contributed by atoms with Crippen molar-refractivity contribution < 1.29 is 9.18 Å². The number of amides is 1. The first-order valence-electron chi connectivity index (χ1n) is 10.3. The quantitative estimate of drug-likeness (QED) is 0.487. The SMILES string of the molecule is Cc1cc(C)n(-c2ccc(=O)n(C(C)C(=O)NCc3cc(-c4ccc(F)cc4)ncn3)n2)n1. The number of hydrogen-bond acceptors (Lipinski definition) is 6. The lowest BCUT2D eigenvalue weighted by molar-refractivity contribution is -0.124. The van der Waals surface area contributed by atoms with Gasteiger partial charge in [0.05, 0.1) is 23.6 Å². The molecule has 9 nitrogen and oxygen atoms in total. The van der Waals surface area contributed by atoms with Crippen molar-refractivity contribution in [1.82, 2.24) is 34.8 Å². The first-order valence-corrected chi connectivity index (χ1v) is 10.3. The lowest BCUT2D eigenvalue weighted by atomic mass is 10.1. The standard InChI is InChI=1S/C23H22FN7O2/c1-14-10-15(2)30(28-14)21-8-9-22(32)31(29-21)16(3)23(33)25-12-19-11-20(27-13-26-19)17-4-6-18(24)7-5-17/h4-11,13,16H,12H2,1-3H3,(H,25,33). The maximum atomic E-state index is 13.2. The molecular formula is C23H22FN7O2. The van der Waals surface area contributed by atoms with Gasteiger partial charge >= 0.3 is 0 Å². The molecule has 168 valence electrons. The molecule has 1 unspecified atom stereocenters. The van der Waals surface area contributed by atoms with Gasteiger partial charge in [-0.05, 0) is 63.2 Å². The lowest BCUT2D eigenvalue weighted by Crippen LogP contribution is -2.37. The molecule has 1 amide bonds. The summed E-state index contributed by atoms with van der Waals surface area (Å²) in [6, 6.07) is 11.6. The summed E-state index contributed by atoms with van der Waals surface area (Å²) in [6.45, 7) is 5.48. The first-order chi connectivity index (χ1) is 15.8. The molecule has 10 heteroatoms. The maximum absolute atomic E-state index is 13.2. The predicted molar refractivity (Wildman–Crippen MR) is 119 cm³/mol. The van der Waals surface area contributed by atoms with Gasteiger partial charge in [0.25, 0.3) is 5.56 Å². The largest absolute Gasteiger partial charge is 0.349 e. The van der Waals surface area contributed by atoms with Crippen LogP contribution >= 0.6 is 0 Å². The zero-order valence-electron chi connectivity index (χ0n) is 18.4. The highest BCUT2D eigenvalue weighted by Gasteiger charge is 2.19. The molecule has 0 aliphatic rings. The Bertz CT molecular complexity index is 1360. The molecule has 0 fully saturated rings. The highest BCUT2D eigenvalue weighted by molar-refractivity contribution is 5.79. The second kappa shape index (κ2) is 9.11. The van der Waals surface area contributed by atoms with E-state index in [-0.39, 0.29) is 12.4 Å². The fourth-order valence-electron chi connectivity index (χ4n) is 3.38. The number of nitrogens with one attached hydrogen (secondary N) is 1. The van der Waals surface area contributed by atoms with E-state index in [4.69, 9.17) is 0 Å². The summed E-state index contributed by atoms with van der Waals surface area (Å²) < 4.78 is 15.9. The molecule has 0 aliphatic heterocycles. The molecule has 4 aromatic rings. The smallest absolute Gasteiger partial charge is 0.267 e. The molecule has 4 rings (SSSR count). The van der Waals surface area contributed by atoms with E-state index < -0.39 is 17.5 Å². The predicted octanol–water partition coefficient (Wildman–Crippen LogP) is 2.52. The van der Waals surface area contributed by atoms with Crippen molar-refractivity contribution in [3.63, 3.8) is 0 Å². The maximum Gasteiger partial charge on any atom is 0.267 e. The Kier molecular flexibility index (Phi) is 6.07. The molecule has 3 heterocycles. The van der Waals surface area contributed by atoms with Crippen LogP contribution in [0, 0.1) is 19.7 Å². The summed E-state index contributed by atoms with van der Waals surface area (Å²) in [7, 11) is 0. The molecule has 0 saturated heterocycles. The number of aryl methyl sites for hydroxylation is 2. The summed E-state index contributed by atoms with van der Waals surface area (Å²) in [6.07, 6.45) is 1.38. The Morgan fingerprint density at radius 3 is 2.52 bits per heavy atom. The normalized spacial score (nSPS) is 11.9. The number of carbonyl (C=O) groups excluding carboxylic acids is 1. The summed E-state index contributed by atoms with van der Waals surface area (Å²) >= 11 is 0. The van der Waals surface area contributed by atoms with Crippen molar-refractivity contribution in [2.24, 2.45) is 0 Å². The van der Waals surface area contributed by atoms with Crippen molar-refractivity contribution in [2.45, 2.75) is 33.4 Å². The van der Waals surface area contributed by atoms with E-state index in [0.717, 1.165) is 21.6 Å². The number of rotatable bonds is 6.